The molecule has 0 spiro atoms. The second kappa shape index (κ2) is 1.49. The highest BCUT2D eigenvalue weighted by Gasteiger charge is 2.45. The second-order valence-corrected chi connectivity index (χ2v) is 4.27. The Bertz CT molecular complexity index is 244. The second-order valence-electron chi connectivity index (χ2n) is 2.21. The number of sulfone groups is 1. The molecule has 0 unspecified atom stereocenters. The first kappa shape index (κ1) is 6.59. The van der Waals surface area contributed by atoms with Gasteiger partial charge in [-0.15, -0.1) is 6.42 Å². The summed E-state index contributed by atoms with van der Waals surface area (Å²) < 4.78 is 20.8. The van der Waals surface area contributed by atoms with E-state index >= 15 is 0 Å². The summed E-state index contributed by atoms with van der Waals surface area (Å²) in [6, 6.07) is 0. The van der Waals surface area contributed by atoms with Gasteiger partial charge in [0, 0.05) is 0 Å². The van der Waals surface area contributed by atoms with Gasteiger partial charge in [0.05, 0.1) is 11.5 Å². The smallest absolute Gasteiger partial charge is 0.158 e. The van der Waals surface area contributed by atoms with Gasteiger partial charge in [0.25, 0.3) is 0 Å². The van der Waals surface area contributed by atoms with Crippen LogP contribution in [0.25, 0.3) is 0 Å². The van der Waals surface area contributed by atoms with Crippen molar-refractivity contribution in [1.82, 2.24) is 0 Å². The molecule has 4 heteroatoms. The lowest BCUT2D eigenvalue weighted by molar-refractivity contribution is 0.133. The van der Waals surface area contributed by atoms with Crippen LogP contribution in [0.4, 0.5) is 0 Å². The first-order valence-corrected chi connectivity index (χ1v) is 4.20. The van der Waals surface area contributed by atoms with Crippen LogP contribution in [0.2, 0.25) is 0 Å². The minimum atomic E-state index is -2.99. The molecule has 1 saturated heterocycles. The van der Waals surface area contributed by atoms with Gasteiger partial charge >= 0.3 is 0 Å². The molecule has 0 bridgehead atoms. The zero-order valence-corrected chi connectivity index (χ0v) is 5.48. The van der Waals surface area contributed by atoms with E-state index in [0.29, 0.717) is 0 Å². The maximum absolute atomic E-state index is 10.4. The van der Waals surface area contributed by atoms with Gasteiger partial charge < -0.3 is 5.11 Å². The van der Waals surface area contributed by atoms with Gasteiger partial charge in [-0.25, -0.2) is 8.42 Å². The standard InChI is InChI=1S/C5H6O3S/c1-2-5(6)3-9(7,8)4-5/h1,6H,3-4H2. The van der Waals surface area contributed by atoms with Gasteiger partial charge in [0.2, 0.25) is 0 Å². The van der Waals surface area contributed by atoms with Crippen molar-refractivity contribution in [3.05, 3.63) is 0 Å². The van der Waals surface area contributed by atoms with Crippen molar-refractivity contribution in [2.75, 3.05) is 11.5 Å². The SMILES string of the molecule is C#CC1(O)CS(=O)(=O)C1. The Morgan fingerprint density at radius 2 is 2.00 bits per heavy atom. The number of hydrogen-bond donors (Lipinski definition) is 1. The molecule has 1 N–H and O–H groups in total. The maximum Gasteiger partial charge on any atom is 0.158 e. The Morgan fingerprint density at radius 3 is 2.11 bits per heavy atom. The van der Waals surface area contributed by atoms with E-state index < -0.39 is 15.4 Å². The van der Waals surface area contributed by atoms with Gasteiger partial charge in [-0.2, -0.15) is 0 Å². The van der Waals surface area contributed by atoms with Crippen LogP contribution in [0.5, 0.6) is 0 Å². The van der Waals surface area contributed by atoms with Crippen LogP contribution in [0.3, 0.4) is 0 Å². The average molecular weight is 146 g/mol. The van der Waals surface area contributed by atoms with Gasteiger partial charge in [-0.05, 0) is 0 Å². The molecule has 0 aliphatic carbocycles. The van der Waals surface area contributed by atoms with E-state index in [-0.39, 0.29) is 11.5 Å². The van der Waals surface area contributed by atoms with E-state index in [1.165, 1.54) is 0 Å². The van der Waals surface area contributed by atoms with Crippen molar-refractivity contribution in [2.45, 2.75) is 5.60 Å². The van der Waals surface area contributed by atoms with Crippen molar-refractivity contribution in [2.24, 2.45) is 0 Å². The number of rotatable bonds is 0. The minimum absolute atomic E-state index is 0.281. The monoisotopic (exact) mass is 146 g/mol. The largest absolute Gasteiger partial charge is 0.375 e. The third-order valence-corrected chi connectivity index (χ3v) is 3.02. The third-order valence-electron chi connectivity index (χ3n) is 1.19. The summed E-state index contributed by atoms with van der Waals surface area (Å²) in [5.74, 6) is 1.45. The molecular formula is C5H6O3S. The Morgan fingerprint density at radius 1 is 1.56 bits per heavy atom. The molecule has 1 aliphatic rings. The summed E-state index contributed by atoms with van der Waals surface area (Å²) in [5.41, 5.74) is -1.36. The van der Waals surface area contributed by atoms with Crippen LogP contribution < -0.4 is 0 Å². The molecule has 0 amide bonds. The Labute approximate surface area is 53.6 Å². The van der Waals surface area contributed by atoms with Crippen molar-refractivity contribution >= 4 is 9.84 Å². The predicted octanol–water partition coefficient (Wildman–Crippen LogP) is -1.22. The van der Waals surface area contributed by atoms with Gasteiger partial charge in [-0.3, -0.25) is 0 Å². The van der Waals surface area contributed by atoms with E-state index in [4.69, 9.17) is 11.5 Å². The molecule has 1 aliphatic heterocycles. The van der Waals surface area contributed by atoms with Crippen LogP contribution in [0.15, 0.2) is 0 Å². The van der Waals surface area contributed by atoms with Crippen molar-refractivity contribution < 1.29 is 13.5 Å². The number of aliphatic hydroxyl groups is 1. The van der Waals surface area contributed by atoms with E-state index in [1.54, 1.807) is 0 Å². The normalized spacial score (nSPS) is 28.0. The van der Waals surface area contributed by atoms with Gasteiger partial charge in [-0.1, -0.05) is 5.92 Å². The van der Waals surface area contributed by atoms with E-state index in [9.17, 15) is 8.42 Å². The Kier molecular flexibility index (Phi) is 1.09. The molecule has 1 rings (SSSR count). The minimum Gasteiger partial charge on any atom is -0.375 e. The van der Waals surface area contributed by atoms with Crippen molar-refractivity contribution in [3.63, 3.8) is 0 Å². The molecule has 0 aromatic rings. The Hall–Kier alpha value is -0.530. The summed E-state index contributed by atoms with van der Waals surface area (Å²) in [7, 11) is -2.99. The van der Waals surface area contributed by atoms with Crippen LogP contribution >= 0.6 is 0 Å². The summed E-state index contributed by atoms with van der Waals surface area (Å²) >= 11 is 0. The third kappa shape index (κ3) is 1.07. The molecule has 0 radical (unpaired) electrons. The van der Waals surface area contributed by atoms with Gasteiger partial charge in [0.15, 0.2) is 15.4 Å². The van der Waals surface area contributed by atoms with Crippen LogP contribution in [0.1, 0.15) is 0 Å². The summed E-state index contributed by atoms with van der Waals surface area (Å²) in [5, 5.41) is 8.94. The molecule has 0 aromatic carbocycles. The zero-order valence-electron chi connectivity index (χ0n) is 4.66. The van der Waals surface area contributed by atoms with Crippen LogP contribution in [0, 0.1) is 12.3 Å². The van der Waals surface area contributed by atoms with E-state index in [0.717, 1.165) is 0 Å². The molecule has 50 valence electrons. The molecular weight excluding hydrogens is 140 g/mol. The molecule has 0 saturated carbocycles. The topological polar surface area (TPSA) is 54.4 Å². The summed E-state index contributed by atoms with van der Waals surface area (Å²) in [6.07, 6.45) is 4.82. The lowest BCUT2D eigenvalue weighted by Gasteiger charge is -2.30. The number of hydrogen-bond acceptors (Lipinski definition) is 3. The fourth-order valence-electron chi connectivity index (χ4n) is 0.769. The highest BCUT2D eigenvalue weighted by Crippen LogP contribution is 2.21. The first-order chi connectivity index (χ1) is 3.97. The zero-order chi connectivity index (χ0) is 7.12. The molecule has 1 fully saturated rings. The molecule has 9 heavy (non-hydrogen) atoms. The highest BCUT2D eigenvalue weighted by atomic mass is 32.2. The summed E-state index contributed by atoms with van der Waals surface area (Å²) in [4.78, 5) is 0. The van der Waals surface area contributed by atoms with Crippen LogP contribution in [-0.4, -0.2) is 30.6 Å². The Balaban J connectivity index is 2.76. The van der Waals surface area contributed by atoms with E-state index in [2.05, 4.69) is 0 Å². The lowest BCUT2D eigenvalue weighted by Crippen LogP contribution is -2.53. The van der Waals surface area contributed by atoms with E-state index in [1.807, 2.05) is 5.92 Å². The fourth-order valence-corrected chi connectivity index (χ4v) is 2.31. The summed E-state index contributed by atoms with van der Waals surface area (Å²) in [6.45, 7) is 0. The van der Waals surface area contributed by atoms with Gasteiger partial charge in [0.1, 0.15) is 0 Å². The fraction of sp³-hybridized carbons (Fsp3) is 0.600. The number of terminal acetylenes is 1. The highest BCUT2D eigenvalue weighted by molar-refractivity contribution is 7.93. The molecule has 3 nitrogen and oxygen atoms in total. The van der Waals surface area contributed by atoms with Crippen molar-refractivity contribution in [1.29, 1.82) is 0 Å². The molecule has 1 heterocycles. The lowest BCUT2D eigenvalue weighted by atomic mass is 10.1. The maximum atomic E-state index is 10.4. The molecule has 0 aromatic heterocycles. The molecule has 0 atom stereocenters. The average Bonchev–Trinajstić information content (AvgIpc) is 1.61. The van der Waals surface area contributed by atoms with Crippen molar-refractivity contribution in [3.8, 4) is 12.3 Å². The first-order valence-electron chi connectivity index (χ1n) is 2.38. The van der Waals surface area contributed by atoms with Crippen LogP contribution in [-0.2, 0) is 9.84 Å². The predicted molar refractivity (Wildman–Crippen MR) is 32.4 cm³/mol. The quantitative estimate of drug-likeness (QED) is 0.436.